The summed E-state index contributed by atoms with van der Waals surface area (Å²) in [4.78, 5) is 0. The smallest absolute Gasteiger partial charge is 0.0728 e. The first-order valence-corrected chi connectivity index (χ1v) is 8.24. The van der Waals surface area contributed by atoms with Gasteiger partial charge in [-0.1, -0.05) is 28.1 Å². The minimum Gasteiger partial charge on any atom is -0.382 e. The van der Waals surface area contributed by atoms with Crippen molar-refractivity contribution in [2.24, 2.45) is 0 Å². The van der Waals surface area contributed by atoms with Crippen molar-refractivity contribution in [1.29, 1.82) is 0 Å². The topological polar surface area (TPSA) is 39.7 Å². The third kappa shape index (κ3) is 6.89. The van der Waals surface area contributed by atoms with E-state index < -0.39 is 0 Å². The fourth-order valence-electron chi connectivity index (χ4n) is 1.91. The average Bonchev–Trinajstić information content (AvgIpc) is 3.30. The molecular weight excluding hydrogens is 334 g/mol. The van der Waals surface area contributed by atoms with Gasteiger partial charge in [0, 0.05) is 24.2 Å². The summed E-state index contributed by atoms with van der Waals surface area (Å²) in [6, 6.07) is 7.20. The third-order valence-corrected chi connectivity index (χ3v) is 4.09. The molecule has 0 unspecified atom stereocenters. The third-order valence-electron chi connectivity index (χ3n) is 3.35. The van der Waals surface area contributed by atoms with Crippen LogP contribution in [0.5, 0.6) is 0 Å². The molecule has 1 fully saturated rings. The summed E-state index contributed by atoms with van der Waals surface area (Å²) in [6.07, 6.45) is 2.64. The van der Waals surface area contributed by atoms with Gasteiger partial charge in [-0.15, -0.1) is 0 Å². The van der Waals surface area contributed by atoms with E-state index in [2.05, 4.69) is 39.4 Å². The molecule has 0 aromatic heterocycles. The van der Waals surface area contributed by atoms with Crippen molar-refractivity contribution in [3.8, 4) is 0 Å². The molecule has 0 spiro atoms. The standard InChI is InChI=1S/C16H24BrNO3/c1-19-6-7-20-8-9-21-12-14-3-2-13(10-16(14)17)11-18-15-4-5-15/h2-3,10,15,18H,4-9,11-12H2,1H3. The first-order valence-electron chi connectivity index (χ1n) is 7.44. The number of nitrogens with one attached hydrogen (secondary N) is 1. The fraction of sp³-hybridized carbons (Fsp3) is 0.625. The summed E-state index contributed by atoms with van der Waals surface area (Å²) in [5.74, 6) is 0. The van der Waals surface area contributed by atoms with Gasteiger partial charge < -0.3 is 19.5 Å². The SMILES string of the molecule is COCCOCCOCc1ccc(CNC2CC2)cc1Br. The maximum absolute atomic E-state index is 5.62. The first kappa shape index (κ1) is 16.9. The molecule has 0 atom stereocenters. The Morgan fingerprint density at radius 1 is 1.14 bits per heavy atom. The molecule has 21 heavy (non-hydrogen) atoms. The minimum atomic E-state index is 0.598. The molecule has 1 aliphatic rings. The average molecular weight is 358 g/mol. The fourth-order valence-corrected chi connectivity index (χ4v) is 2.45. The van der Waals surface area contributed by atoms with E-state index in [1.165, 1.54) is 24.0 Å². The number of methoxy groups -OCH3 is 1. The van der Waals surface area contributed by atoms with Crippen molar-refractivity contribution in [3.05, 3.63) is 33.8 Å². The van der Waals surface area contributed by atoms with E-state index >= 15 is 0 Å². The molecular formula is C16H24BrNO3. The van der Waals surface area contributed by atoms with E-state index in [1.54, 1.807) is 7.11 Å². The van der Waals surface area contributed by atoms with Gasteiger partial charge >= 0.3 is 0 Å². The van der Waals surface area contributed by atoms with Crippen molar-refractivity contribution >= 4 is 15.9 Å². The number of hydrogen-bond acceptors (Lipinski definition) is 4. The molecule has 0 radical (unpaired) electrons. The number of ether oxygens (including phenoxy) is 3. The summed E-state index contributed by atoms with van der Waals surface area (Å²) in [5.41, 5.74) is 2.47. The Bertz CT molecular complexity index is 424. The van der Waals surface area contributed by atoms with Gasteiger partial charge in [-0.05, 0) is 30.0 Å². The van der Waals surface area contributed by atoms with Crippen LogP contribution in [-0.2, 0) is 27.4 Å². The molecule has 1 aliphatic carbocycles. The zero-order valence-electron chi connectivity index (χ0n) is 12.6. The van der Waals surface area contributed by atoms with Crippen LogP contribution < -0.4 is 5.32 Å². The molecule has 4 nitrogen and oxygen atoms in total. The molecule has 118 valence electrons. The Balaban J connectivity index is 1.63. The lowest BCUT2D eigenvalue weighted by atomic mass is 10.1. The Labute approximate surface area is 135 Å². The lowest BCUT2D eigenvalue weighted by Crippen LogP contribution is -2.15. The molecule has 1 aromatic carbocycles. The predicted octanol–water partition coefficient (Wildman–Crippen LogP) is 2.88. The molecule has 0 aliphatic heterocycles. The largest absolute Gasteiger partial charge is 0.382 e. The molecule has 1 saturated carbocycles. The maximum Gasteiger partial charge on any atom is 0.0728 e. The van der Waals surface area contributed by atoms with E-state index in [0.717, 1.165) is 17.1 Å². The summed E-state index contributed by atoms with van der Waals surface area (Å²) in [7, 11) is 1.67. The van der Waals surface area contributed by atoms with E-state index in [0.29, 0.717) is 33.0 Å². The normalized spacial score (nSPS) is 14.6. The lowest BCUT2D eigenvalue weighted by Gasteiger charge is -2.09. The summed E-state index contributed by atoms with van der Waals surface area (Å²) in [5, 5.41) is 3.52. The van der Waals surface area contributed by atoms with Gasteiger partial charge in [0.15, 0.2) is 0 Å². The molecule has 0 saturated heterocycles. The minimum absolute atomic E-state index is 0.598. The Morgan fingerprint density at radius 3 is 2.62 bits per heavy atom. The van der Waals surface area contributed by atoms with Gasteiger partial charge in [-0.3, -0.25) is 0 Å². The van der Waals surface area contributed by atoms with Gasteiger partial charge in [-0.2, -0.15) is 0 Å². The van der Waals surface area contributed by atoms with Crippen molar-refractivity contribution in [3.63, 3.8) is 0 Å². The van der Waals surface area contributed by atoms with Gasteiger partial charge in [0.1, 0.15) is 0 Å². The van der Waals surface area contributed by atoms with Crippen LogP contribution in [0, 0.1) is 0 Å². The highest BCUT2D eigenvalue weighted by Crippen LogP contribution is 2.22. The Hall–Kier alpha value is -0.460. The van der Waals surface area contributed by atoms with Crippen molar-refractivity contribution in [1.82, 2.24) is 5.32 Å². The first-order chi connectivity index (χ1) is 10.3. The van der Waals surface area contributed by atoms with Gasteiger partial charge in [-0.25, -0.2) is 0 Å². The van der Waals surface area contributed by atoms with Gasteiger partial charge in [0.25, 0.3) is 0 Å². The van der Waals surface area contributed by atoms with Crippen LogP contribution in [0.1, 0.15) is 24.0 Å². The van der Waals surface area contributed by atoms with E-state index in [4.69, 9.17) is 14.2 Å². The van der Waals surface area contributed by atoms with Gasteiger partial charge in [0.2, 0.25) is 0 Å². The lowest BCUT2D eigenvalue weighted by molar-refractivity contribution is 0.0198. The van der Waals surface area contributed by atoms with E-state index in [-0.39, 0.29) is 0 Å². The van der Waals surface area contributed by atoms with E-state index in [9.17, 15) is 0 Å². The molecule has 1 N–H and O–H groups in total. The van der Waals surface area contributed by atoms with Crippen LogP contribution in [0.2, 0.25) is 0 Å². The number of benzene rings is 1. The van der Waals surface area contributed by atoms with Crippen LogP contribution in [0.25, 0.3) is 0 Å². The highest BCUT2D eigenvalue weighted by molar-refractivity contribution is 9.10. The molecule has 0 heterocycles. The molecule has 1 aromatic rings. The summed E-state index contributed by atoms with van der Waals surface area (Å²) in [6.45, 7) is 3.99. The quantitative estimate of drug-likeness (QED) is 0.618. The van der Waals surface area contributed by atoms with Crippen LogP contribution in [0.4, 0.5) is 0 Å². The maximum atomic E-state index is 5.62. The van der Waals surface area contributed by atoms with Crippen molar-refractivity contribution in [2.75, 3.05) is 33.5 Å². The van der Waals surface area contributed by atoms with Crippen LogP contribution in [0.15, 0.2) is 22.7 Å². The zero-order valence-corrected chi connectivity index (χ0v) is 14.2. The second kappa shape index (κ2) is 9.54. The van der Waals surface area contributed by atoms with Crippen LogP contribution >= 0.6 is 15.9 Å². The Kier molecular flexibility index (Phi) is 7.68. The molecule has 0 bridgehead atoms. The Morgan fingerprint density at radius 2 is 1.90 bits per heavy atom. The van der Waals surface area contributed by atoms with Crippen molar-refractivity contribution in [2.45, 2.75) is 32.0 Å². The molecule has 5 heteroatoms. The van der Waals surface area contributed by atoms with Crippen LogP contribution in [-0.4, -0.2) is 39.6 Å². The monoisotopic (exact) mass is 357 g/mol. The van der Waals surface area contributed by atoms with Gasteiger partial charge in [0.05, 0.1) is 33.0 Å². The summed E-state index contributed by atoms with van der Waals surface area (Å²) < 4.78 is 17.0. The van der Waals surface area contributed by atoms with E-state index in [1.807, 2.05) is 0 Å². The predicted molar refractivity (Wildman–Crippen MR) is 86.4 cm³/mol. The summed E-state index contributed by atoms with van der Waals surface area (Å²) >= 11 is 3.62. The number of hydrogen-bond donors (Lipinski definition) is 1. The molecule has 0 amide bonds. The highest BCUT2D eigenvalue weighted by Gasteiger charge is 2.19. The second-order valence-corrected chi connectivity index (χ2v) is 6.09. The number of halogens is 1. The highest BCUT2D eigenvalue weighted by atomic mass is 79.9. The zero-order chi connectivity index (χ0) is 14.9. The second-order valence-electron chi connectivity index (χ2n) is 5.24. The number of rotatable bonds is 11. The molecule has 2 rings (SSSR count). The van der Waals surface area contributed by atoms with Crippen LogP contribution in [0.3, 0.4) is 0 Å². The van der Waals surface area contributed by atoms with Crippen molar-refractivity contribution < 1.29 is 14.2 Å².